The van der Waals surface area contributed by atoms with Gasteiger partial charge in [0.05, 0.1) is 5.60 Å². The quantitative estimate of drug-likeness (QED) is 0.630. The molecule has 0 heterocycles. The maximum atomic E-state index is 12.3. The molecule has 2 N–H and O–H groups in total. The molecule has 4 aliphatic rings. The molecule has 4 unspecified atom stereocenters. The molecule has 0 aromatic carbocycles. The van der Waals surface area contributed by atoms with Crippen molar-refractivity contribution in [2.24, 2.45) is 40.4 Å². The number of carbonyl (C=O) groups excluding carboxylic acids is 1. The summed E-state index contributed by atoms with van der Waals surface area (Å²) in [6, 6.07) is 0. The average Bonchev–Trinajstić information content (AvgIpc) is 2.91. The molecule has 8 atom stereocenters. The van der Waals surface area contributed by atoms with Crippen molar-refractivity contribution in [3.05, 3.63) is 0 Å². The topological polar surface area (TPSA) is 83.8 Å². The number of rotatable bonds is 3. The molecule has 0 aliphatic heterocycles. The molecule has 0 radical (unpaired) electrons. The Morgan fingerprint density at radius 1 is 0.929 bits per heavy atom. The Hall–Kier alpha value is -0.220. The fourth-order valence-corrected chi connectivity index (χ4v) is 9.19. The molecule has 4 fully saturated rings. The van der Waals surface area contributed by atoms with Crippen LogP contribution < -0.4 is 0 Å². The van der Waals surface area contributed by atoms with Gasteiger partial charge in [-0.3, -0.25) is 9.32 Å². The summed E-state index contributed by atoms with van der Waals surface area (Å²) in [6.07, 6.45) is 9.37. The van der Waals surface area contributed by atoms with E-state index < -0.39 is 13.4 Å². The molecule has 0 bridgehead atoms. The van der Waals surface area contributed by atoms with Crippen molar-refractivity contribution in [3.8, 4) is 0 Å². The van der Waals surface area contributed by atoms with Gasteiger partial charge in [-0.2, -0.15) is 0 Å². The lowest BCUT2D eigenvalue weighted by Crippen LogP contribution is -2.55. The standard InChI is InChI=1S/C22H37O5P/c1-14(23)17-7-8-18-16-6-5-15-13-20(2,27-28(24,25)26)11-12-21(15,3)19(16)9-10-22(17,18)4/h15-19H,5-13H2,1-4H3,(H2,24,25,26)/t15?,16?,17-,18?,19?,20-,21+,22-/m1/s1. The fraction of sp³-hybridized carbons (Fsp3) is 0.955. The summed E-state index contributed by atoms with van der Waals surface area (Å²) in [6.45, 7) is 8.48. The fourth-order valence-electron chi connectivity index (χ4n) is 8.45. The third-order valence-electron chi connectivity index (χ3n) is 9.77. The van der Waals surface area contributed by atoms with Crippen LogP contribution in [0.15, 0.2) is 0 Å². The lowest BCUT2D eigenvalue weighted by Gasteiger charge is -2.62. The summed E-state index contributed by atoms with van der Waals surface area (Å²) < 4.78 is 16.7. The van der Waals surface area contributed by atoms with Gasteiger partial charge in [-0.25, -0.2) is 4.57 Å². The summed E-state index contributed by atoms with van der Waals surface area (Å²) in [5, 5.41) is 0. The molecule has 4 rings (SSSR count). The number of phosphoric acid groups is 1. The van der Waals surface area contributed by atoms with E-state index in [4.69, 9.17) is 4.52 Å². The SMILES string of the molecule is CC(=O)[C@H]1CCC2C3CCC4C[C@](C)(OP(=O)(O)O)CC[C@]4(C)C3CC[C@@]21C. The number of ketones is 1. The Morgan fingerprint density at radius 2 is 1.61 bits per heavy atom. The van der Waals surface area contributed by atoms with Gasteiger partial charge in [-0.1, -0.05) is 13.8 Å². The zero-order valence-electron chi connectivity index (χ0n) is 17.8. The second-order valence-corrected chi connectivity index (χ2v) is 12.3. The van der Waals surface area contributed by atoms with E-state index >= 15 is 0 Å². The lowest BCUT2D eigenvalue weighted by molar-refractivity contribution is -0.148. The van der Waals surface area contributed by atoms with Crippen molar-refractivity contribution in [1.29, 1.82) is 0 Å². The molecule has 6 heteroatoms. The molecule has 0 saturated heterocycles. The van der Waals surface area contributed by atoms with Crippen molar-refractivity contribution in [1.82, 2.24) is 0 Å². The summed E-state index contributed by atoms with van der Waals surface area (Å²) in [5.74, 6) is 3.14. The van der Waals surface area contributed by atoms with E-state index in [1.54, 1.807) is 6.92 Å². The normalized spacial score (nSPS) is 51.1. The second-order valence-electron chi connectivity index (χ2n) is 11.2. The number of Topliss-reactive ketones (excluding diaryl/α,β-unsaturated/α-hetero) is 1. The van der Waals surface area contributed by atoms with Gasteiger partial charge in [0.15, 0.2) is 0 Å². The molecule has 28 heavy (non-hydrogen) atoms. The molecule has 0 spiro atoms. The molecule has 4 aliphatic carbocycles. The minimum absolute atomic E-state index is 0.183. The number of hydrogen-bond acceptors (Lipinski definition) is 3. The summed E-state index contributed by atoms with van der Waals surface area (Å²) >= 11 is 0. The molecular formula is C22H37O5P. The van der Waals surface area contributed by atoms with Gasteiger partial charge in [-0.05, 0) is 106 Å². The van der Waals surface area contributed by atoms with E-state index in [9.17, 15) is 19.1 Å². The van der Waals surface area contributed by atoms with Gasteiger partial charge in [-0.15, -0.1) is 0 Å². The van der Waals surface area contributed by atoms with Crippen molar-refractivity contribution in [2.45, 2.75) is 91.1 Å². The van der Waals surface area contributed by atoms with Gasteiger partial charge < -0.3 is 9.79 Å². The van der Waals surface area contributed by atoms with Crippen LogP contribution in [0.3, 0.4) is 0 Å². The Bertz CT molecular complexity index is 703. The molecular weight excluding hydrogens is 375 g/mol. The highest BCUT2D eigenvalue weighted by Gasteiger charge is 2.61. The molecule has 0 amide bonds. The Balaban J connectivity index is 1.55. The maximum absolute atomic E-state index is 12.3. The molecule has 4 saturated carbocycles. The second kappa shape index (κ2) is 6.64. The average molecular weight is 413 g/mol. The lowest BCUT2D eigenvalue weighted by atomic mass is 9.44. The van der Waals surface area contributed by atoms with Crippen LogP contribution in [0.1, 0.15) is 85.5 Å². The summed E-state index contributed by atoms with van der Waals surface area (Å²) in [5.41, 5.74) is -0.300. The van der Waals surface area contributed by atoms with Crippen LogP contribution in [-0.2, 0) is 13.9 Å². The number of carbonyl (C=O) groups is 1. The molecule has 5 nitrogen and oxygen atoms in total. The molecule has 0 aromatic rings. The van der Waals surface area contributed by atoms with Crippen molar-refractivity contribution in [2.75, 3.05) is 0 Å². The van der Waals surface area contributed by atoms with Gasteiger partial charge in [0.2, 0.25) is 0 Å². The Labute approximate surface area is 169 Å². The van der Waals surface area contributed by atoms with Crippen LogP contribution in [0.4, 0.5) is 0 Å². The number of phosphoric ester groups is 1. The first-order valence-electron chi connectivity index (χ1n) is 11.1. The van der Waals surface area contributed by atoms with Gasteiger partial charge >= 0.3 is 7.82 Å². The van der Waals surface area contributed by atoms with Crippen LogP contribution in [0, 0.1) is 40.4 Å². The number of hydrogen-bond donors (Lipinski definition) is 2. The van der Waals surface area contributed by atoms with E-state index in [1.165, 1.54) is 19.3 Å². The molecule has 160 valence electrons. The van der Waals surface area contributed by atoms with Crippen LogP contribution in [0.5, 0.6) is 0 Å². The van der Waals surface area contributed by atoms with Crippen LogP contribution in [-0.4, -0.2) is 21.2 Å². The van der Waals surface area contributed by atoms with Gasteiger partial charge in [0.1, 0.15) is 5.78 Å². The van der Waals surface area contributed by atoms with Crippen molar-refractivity contribution in [3.63, 3.8) is 0 Å². The number of fused-ring (bicyclic) bond motifs is 5. The summed E-state index contributed by atoms with van der Waals surface area (Å²) in [7, 11) is -4.47. The molecule has 0 aromatic heterocycles. The highest BCUT2D eigenvalue weighted by atomic mass is 31.2. The van der Waals surface area contributed by atoms with E-state index in [0.29, 0.717) is 35.9 Å². The van der Waals surface area contributed by atoms with E-state index in [2.05, 4.69) is 13.8 Å². The Morgan fingerprint density at radius 3 is 2.25 bits per heavy atom. The monoisotopic (exact) mass is 412 g/mol. The first kappa shape index (κ1) is 21.0. The smallest absolute Gasteiger partial charge is 0.303 e. The minimum Gasteiger partial charge on any atom is -0.303 e. The largest absolute Gasteiger partial charge is 0.470 e. The van der Waals surface area contributed by atoms with Crippen LogP contribution in [0.2, 0.25) is 0 Å². The zero-order chi connectivity index (χ0) is 20.5. The highest BCUT2D eigenvalue weighted by molar-refractivity contribution is 7.46. The summed E-state index contributed by atoms with van der Waals surface area (Å²) in [4.78, 5) is 31.0. The minimum atomic E-state index is -4.47. The Kier molecular flexibility index (Phi) is 4.99. The van der Waals surface area contributed by atoms with Crippen LogP contribution in [0.25, 0.3) is 0 Å². The highest BCUT2D eigenvalue weighted by Crippen LogP contribution is 2.68. The third-order valence-corrected chi connectivity index (χ3v) is 10.4. The predicted molar refractivity (Wildman–Crippen MR) is 107 cm³/mol. The predicted octanol–water partition coefficient (Wildman–Crippen LogP) is 5.10. The maximum Gasteiger partial charge on any atom is 0.470 e. The third kappa shape index (κ3) is 3.25. The van der Waals surface area contributed by atoms with E-state index in [1.807, 2.05) is 6.92 Å². The van der Waals surface area contributed by atoms with Gasteiger partial charge in [0, 0.05) is 5.92 Å². The van der Waals surface area contributed by atoms with E-state index in [-0.39, 0.29) is 16.7 Å². The van der Waals surface area contributed by atoms with Crippen molar-refractivity contribution < 1.29 is 23.7 Å². The van der Waals surface area contributed by atoms with Gasteiger partial charge in [0.25, 0.3) is 0 Å². The van der Waals surface area contributed by atoms with Crippen molar-refractivity contribution >= 4 is 13.6 Å². The first-order chi connectivity index (χ1) is 12.9. The first-order valence-corrected chi connectivity index (χ1v) is 12.7. The van der Waals surface area contributed by atoms with E-state index in [0.717, 1.165) is 32.1 Å². The van der Waals surface area contributed by atoms with Crippen LogP contribution >= 0.6 is 7.82 Å². The zero-order valence-corrected chi connectivity index (χ0v) is 18.7.